The first kappa shape index (κ1) is 38.5. The van der Waals surface area contributed by atoms with Gasteiger partial charge in [0.1, 0.15) is 6.04 Å². The summed E-state index contributed by atoms with van der Waals surface area (Å²) in [5.74, 6) is -0.308. The summed E-state index contributed by atoms with van der Waals surface area (Å²) < 4.78 is 34.4. The molecule has 1 aliphatic carbocycles. The molecule has 2 aromatic carbocycles. The summed E-state index contributed by atoms with van der Waals surface area (Å²) in [5, 5.41) is 15.6. The van der Waals surface area contributed by atoms with Crippen LogP contribution in [0.1, 0.15) is 102 Å². The van der Waals surface area contributed by atoms with Gasteiger partial charge in [-0.3, -0.25) is 14.4 Å². The van der Waals surface area contributed by atoms with Crippen molar-refractivity contribution in [2.45, 2.75) is 103 Å². The first-order valence-electron chi connectivity index (χ1n) is 18.7. The highest BCUT2D eigenvalue weighted by Gasteiger charge is 2.54. The molecule has 13 nitrogen and oxygen atoms in total. The number of carbonyl (C=O) groups is 3. The summed E-state index contributed by atoms with van der Waals surface area (Å²) in [4.78, 5) is 44.8. The van der Waals surface area contributed by atoms with Crippen molar-refractivity contribution in [2.75, 3.05) is 41.3 Å². The minimum Gasteiger partial charge on any atom is -0.493 e. The van der Waals surface area contributed by atoms with Crippen LogP contribution in [0.25, 0.3) is 0 Å². The highest BCUT2D eigenvalue weighted by Crippen LogP contribution is 2.55. The van der Waals surface area contributed by atoms with E-state index >= 15 is 0 Å². The van der Waals surface area contributed by atoms with E-state index in [9.17, 15) is 19.6 Å². The van der Waals surface area contributed by atoms with Gasteiger partial charge >= 0.3 is 5.97 Å². The Bertz CT molecular complexity index is 1680. The predicted molar refractivity (Wildman–Crippen MR) is 195 cm³/mol. The lowest BCUT2D eigenvalue weighted by Gasteiger charge is -2.52. The van der Waals surface area contributed by atoms with E-state index in [0.717, 1.165) is 16.7 Å². The van der Waals surface area contributed by atoms with Crippen LogP contribution in [0, 0.1) is 17.8 Å². The number of fused-ring (bicyclic) bond motifs is 3. The number of hydroxylamine groups is 2. The van der Waals surface area contributed by atoms with Crippen molar-refractivity contribution in [1.82, 2.24) is 15.3 Å². The maximum absolute atomic E-state index is 14.7. The van der Waals surface area contributed by atoms with Gasteiger partial charge in [0, 0.05) is 35.4 Å². The third-order valence-electron chi connectivity index (χ3n) is 11.5. The Morgan fingerprint density at radius 3 is 2.08 bits per heavy atom. The smallest absolute Gasteiger partial charge is 0.310 e. The molecule has 13 heteroatoms. The quantitative estimate of drug-likeness (QED) is 0.263. The molecule has 3 aliphatic heterocycles. The van der Waals surface area contributed by atoms with E-state index in [4.69, 9.17) is 28.4 Å². The van der Waals surface area contributed by atoms with Crippen LogP contribution >= 0.6 is 0 Å². The Hall–Kier alpha value is -4.23. The molecule has 1 unspecified atom stereocenters. The fourth-order valence-electron chi connectivity index (χ4n) is 9.32. The summed E-state index contributed by atoms with van der Waals surface area (Å²) in [7, 11) is 4.62. The molecule has 0 aromatic heterocycles. The molecule has 2 N–H and O–H groups in total. The van der Waals surface area contributed by atoms with E-state index in [2.05, 4.69) is 5.32 Å². The Morgan fingerprint density at radius 2 is 1.53 bits per heavy atom. The number of ether oxygens (including phenoxy) is 6. The summed E-state index contributed by atoms with van der Waals surface area (Å²) in [5.41, 5.74) is 1.06. The van der Waals surface area contributed by atoms with Crippen molar-refractivity contribution < 1.29 is 48.0 Å². The second-order valence-electron chi connectivity index (χ2n) is 16.0. The molecule has 0 saturated carbocycles. The van der Waals surface area contributed by atoms with Gasteiger partial charge in [0.25, 0.3) is 0 Å². The van der Waals surface area contributed by atoms with E-state index in [1.54, 1.807) is 19.1 Å². The van der Waals surface area contributed by atoms with Gasteiger partial charge in [-0.1, -0.05) is 20.3 Å². The van der Waals surface area contributed by atoms with E-state index in [0.29, 0.717) is 67.4 Å². The van der Waals surface area contributed by atoms with Gasteiger partial charge in [-0.05, 0) is 94.3 Å². The first-order chi connectivity index (χ1) is 25.2. The average molecular weight is 738 g/mol. The fraction of sp³-hybridized carbons (Fsp3) is 0.625. The van der Waals surface area contributed by atoms with Crippen molar-refractivity contribution in [1.29, 1.82) is 0 Å². The van der Waals surface area contributed by atoms with Crippen molar-refractivity contribution in [2.24, 2.45) is 17.8 Å². The van der Waals surface area contributed by atoms with Crippen LogP contribution in [0.3, 0.4) is 0 Å². The molecular weight excluding hydrogens is 682 g/mol. The van der Waals surface area contributed by atoms with Crippen molar-refractivity contribution in [3.8, 4) is 28.7 Å². The van der Waals surface area contributed by atoms with Crippen molar-refractivity contribution in [3.63, 3.8) is 0 Å². The number of benzene rings is 2. The second-order valence-corrected chi connectivity index (χ2v) is 16.0. The Kier molecular flexibility index (Phi) is 10.8. The fourth-order valence-corrected chi connectivity index (χ4v) is 9.32. The molecule has 6 rings (SSSR count). The van der Waals surface area contributed by atoms with Gasteiger partial charge in [-0.25, -0.2) is 0 Å². The SMILES string of the molecule is CCCC(C(=O)N[C@@H]1c2cc3c(cc2[C@@H](c2cc(OC)c(OC)c(OC)c2)[C@H]2C(=O)OC[C@@H]21)OCO3)N(CCC)C(=O)C1CC(C)(C)N(O)C(C)(C)C1. The highest BCUT2D eigenvalue weighted by molar-refractivity contribution is 5.89. The highest BCUT2D eigenvalue weighted by atomic mass is 16.7. The summed E-state index contributed by atoms with van der Waals surface area (Å²) in [6.07, 6.45) is 2.72. The Balaban J connectivity index is 1.40. The van der Waals surface area contributed by atoms with Crippen LogP contribution in [0.5, 0.6) is 28.7 Å². The number of rotatable bonds is 12. The van der Waals surface area contributed by atoms with Crippen LogP contribution in [0.15, 0.2) is 24.3 Å². The number of esters is 1. The van der Waals surface area contributed by atoms with E-state index in [-0.39, 0.29) is 37.1 Å². The second kappa shape index (κ2) is 14.9. The molecule has 2 saturated heterocycles. The molecule has 2 aromatic rings. The first-order valence-corrected chi connectivity index (χ1v) is 18.7. The van der Waals surface area contributed by atoms with Gasteiger partial charge in [-0.2, -0.15) is 5.06 Å². The molecular formula is C40H55N3O10. The number of nitrogens with zero attached hydrogens (tertiary/aromatic N) is 2. The maximum Gasteiger partial charge on any atom is 0.310 e. The molecule has 0 bridgehead atoms. The molecule has 2 fully saturated rings. The number of hydrogen-bond donors (Lipinski definition) is 2. The maximum atomic E-state index is 14.7. The minimum absolute atomic E-state index is 0.0501. The standard InChI is InChI=1S/C40H55N3O10/c1-10-12-27(42(13-11-2)37(45)23-18-39(3,4)43(47)40(5,6)19-23)36(44)41-34-25-17-29-28(52-21-53-29)16-24(25)32(33-26(34)20-51-38(33)46)22-14-30(48-7)35(50-9)31(15-22)49-8/h14-17,23,26-27,32-34,47H,10-13,18-21H2,1-9H3,(H,41,44)/t26-,27?,32+,33-,34+/m0/s1. The number of hydrogen-bond acceptors (Lipinski definition) is 11. The molecule has 4 aliphatic rings. The van der Waals surface area contributed by atoms with Gasteiger partial charge in [0.15, 0.2) is 23.0 Å². The van der Waals surface area contributed by atoms with Crippen LogP contribution < -0.4 is 29.0 Å². The number of piperidine rings is 1. The van der Waals surface area contributed by atoms with Crippen molar-refractivity contribution >= 4 is 17.8 Å². The summed E-state index contributed by atoms with van der Waals surface area (Å²) >= 11 is 0. The molecule has 5 atom stereocenters. The molecule has 3 heterocycles. The zero-order valence-electron chi connectivity index (χ0n) is 32.4. The number of carbonyl (C=O) groups excluding carboxylic acids is 3. The lowest BCUT2D eigenvalue weighted by Crippen LogP contribution is -2.62. The van der Waals surface area contributed by atoms with Crippen molar-refractivity contribution in [3.05, 3.63) is 41.0 Å². The lowest BCUT2D eigenvalue weighted by molar-refractivity contribution is -0.250. The Labute approximate surface area is 312 Å². The number of amides is 2. The van der Waals surface area contributed by atoms with E-state index < -0.39 is 40.9 Å². The summed E-state index contributed by atoms with van der Waals surface area (Å²) in [6, 6.07) is 6.10. The van der Waals surface area contributed by atoms with Gasteiger partial charge < -0.3 is 43.8 Å². The molecule has 0 radical (unpaired) electrons. The van der Waals surface area contributed by atoms with E-state index in [1.807, 2.05) is 65.8 Å². The number of nitrogens with one attached hydrogen (secondary N) is 1. The topological polar surface area (TPSA) is 145 Å². The molecule has 290 valence electrons. The zero-order chi connectivity index (χ0) is 38.4. The third kappa shape index (κ3) is 6.86. The van der Waals surface area contributed by atoms with Gasteiger partial charge in [0.05, 0.1) is 39.9 Å². The molecule has 53 heavy (non-hydrogen) atoms. The Morgan fingerprint density at radius 1 is 0.925 bits per heavy atom. The van der Waals surface area contributed by atoms with Gasteiger partial charge in [0.2, 0.25) is 24.4 Å². The number of methoxy groups -OCH3 is 3. The largest absolute Gasteiger partial charge is 0.493 e. The van der Waals surface area contributed by atoms with Crippen LogP contribution in [0.4, 0.5) is 0 Å². The molecule has 0 spiro atoms. The normalized spacial score (nSPS) is 24.8. The molecule has 2 amide bonds. The third-order valence-corrected chi connectivity index (χ3v) is 11.5. The summed E-state index contributed by atoms with van der Waals surface area (Å²) in [6.45, 7) is 12.3. The van der Waals surface area contributed by atoms with E-state index in [1.165, 1.54) is 12.2 Å². The van der Waals surface area contributed by atoms with Crippen LogP contribution in [-0.2, 0) is 19.1 Å². The minimum atomic E-state index is -0.743. The monoisotopic (exact) mass is 737 g/mol. The number of cyclic esters (lactones) is 1. The van der Waals surface area contributed by atoms with Crippen LogP contribution in [0.2, 0.25) is 0 Å². The predicted octanol–water partition coefficient (Wildman–Crippen LogP) is 5.60. The zero-order valence-corrected chi connectivity index (χ0v) is 32.4. The average Bonchev–Trinajstić information content (AvgIpc) is 3.75. The van der Waals surface area contributed by atoms with Gasteiger partial charge in [-0.15, -0.1) is 0 Å². The lowest BCUT2D eigenvalue weighted by atomic mass is 9.65. The van der Waals surface area contributed by atoms with Crippen LogP contribution in [-0.4, -0.2) is 91.3 Å².